The highest BCUT2D eigenvalue weighted by Crippen LogP contribution is 2.43. The molecule has 1 aromatic carbocycles. The molecule has 2 N–H and O–H groups in total. The van der Waals surface area contributed by atoms with Crippen molar-refractivity contribution in [2.75, 3.05) is 0 Å². The van der Waals surface area contributed by atoms with Crippen molar-refractivity contribution in [2.24, 2.45) is 0 Å². The Hall–Kier alpha value is -2.11. The molecule has 1 aromatic heterocycles. The van der Waals surface area contributed by atoms with Gasteiger partial charge in [-0.1, -0.05) is 18.2 Å². The molecule has 1 aliphatic carbocycles. The van der Waals surface area contributed by atoms with Crippen molar-refractivity contribution in [2.45, 2.75) is 24.2 Å². The van der Waals surface area contributed by atoms with E-state index in [2.05, 4.69) is 0 Å². The molecule has 20 heavy (non-hydrogen) atoms. The number of benzene rings is 1. The van der Waals surface area contributed by atoms with Gasteiger partial charge in [0.2, 0.25) is 11.2 Å². The topological polar surface area (TPSA) is 79.9 Å². The molecular formula is C15H12O5. The second kappa shape index (κ2) is 3.94. The number of fused-ring (bicyclic) bond motifs is 4. The first-order valence-corrected chi connectivity index (χ1v) is 6.43. The summed E-state index contributed by atoms with van der Waals surface area (Å²) in [5.41, 5.74) is 0.211. The molecule has 2 heterocycles. The summed E-state index contributed by atoms with van der Waals surface area (Å²) < 4.78 is 11.3. The summed E-state index contributed by atoms with van der Waals surface area (Å²) in [4.78, 5) is 12.4. The van der Waals surface area contributed by atoms with E-state index in [9.17, 15) is 15.0 Å². The van der Waals surface area contributed by atoms with Crippen molar-refractivity contribution in [3.63, 3.8) is 0 Å². The van der Waals surface area contributed by atoms with Gasteiger partial charge in [0, 0.05) is 0 Å². The van der Waals surface area contributed by atoms with Crippen molar-refractivity contribution in [1.82, 2.24) is 0 Å². The van der Waals surface area contributed by atoms with E-state index in [-0.39, 0.29) is 11.2 Å². The second-order valence-electron chi connectivity index (χ2n) is 5.10. The van der Waals surface area contributed by atoms with Crippen molar-refractivity contribution in [3.05, 3.63) is 52.4 Å². The van der Waals surface area contributed by atoms with Gasteiger partial charge < -0.3 is 19.4 Å². The molecule has 4 rings (SSSR count). The van der Waals surface area contributed by atoms with Crippen LogP contribution in [0, 0.1) is 0 Å². The molecule has 0 saturated carbocycles. The van der Waals surface area contributed by atoms with E-state index in [1.54, 1.807) is 30.3 Å². The molecule has 0 saturated heterocycles. The molecule has 0 radical (unpaired) electrons. The van der Waals surface area contributed by atoms with Crippen LogP contribution in [-0.4, -0.2) is 28.5 Å². The Balaban J connectivity index is 1.99. The van der Waals surface area contributed by atoms with Gasteiger partial charge in [0.15, 0.2) is 5.76 Å². The van der Waals surface area contributed by atoms with Crippen molar-refractivity contribution in [1.29, 1.82) is 0 Å². The average molecular weight is 272 g/mol. The minimum atomic E-state index is -1.05. The Morgan fingerprint density at radius 3 is 2.75 bits per heavy atom. The van der Waals surface area contributed by atoms with Crippen LogP contribution in [-0.2, 0) is 0 Å². The molecule has 0 fully saturated rings. The third-order valence-electron chi connectivity index (χ3n) is 3.91. The fourth-order valence-electron chi connectivity index (χ4n) is 2.89. The van der Waals surface area contributed by atoms with Crippen LogP contribution in [0.15, 0.2) is 45.6 Å². The van der Waals surface area contributed by atoms with Crippen LogP contribution >= 0.6 is 0 Å². The first-order chi connectivity index (χ1) is 9.66. The maximum Gasteiger partial charge on any atom is 0.234 e. The van der Waals surface area contributed by atoms with Gasteiger partial charge in [0.25, 0.3) is 0 Å². The normalized spacial score (nSPS) is 30.9. The van der Waals surface area contributed by atoms with E-state index in [0.29, 0.717) is 16.7 Å². The lowest BCUT2D eigenvalue weighted by molar-refractivity contribution is 0.00315. The molecule has 0 amide bonds. The van der Waals surface area contributed by atoms with E-state index in [1.807, 2.05) is 0 Å². The summed E-state index contributed by atoms with van der Waals surface area (Å²) >= 11 is 0. The van der Waals surface area contributed by atoms with Gasteiger partial charge in [0.1, 0.15) is 11.7 Å². The lowest BCUT2D eigenvalue weighted by Crippen LogP contribution is -2.39. The Morgan fingerprint density at radius 1 is 1.10 bits per heavy atom. The predicted octanol–water partition coefficient (Wildman–Crippen LogP) is 0.929. The van der Waals surface area contributed by atoms with Crippen LogP contribution in [0.4, 0.5) is 0 Å². The highest BCUT2D eigenvalue weighted by Gasteiger charge is 2.46. The van der Waals surface area contributed by atoms with Gasteiger partial charge in [-0.25, -0.2) is 0 Å². The van der Waals surface area contributed by atoms with Gasteiger partial charge in [-0.15, -0.1) is 0 Å². The summed E-state index contributed by atoms with van der Waals surface area (Å²) in [6.45, 7) is 0. The lowest BCUT2D eigenvalue weighted by Gasteiger charge is -2.27. The number of hydrogen-bond donors (Lipinski definition) is 2. The van der Waals surface area contributed by atoms with Crippen LogP contribution < -0.4 is 10.2 Å². The molecule has 0 spiro atoms. The number of rotatable bonds is 0. The first-order valence-electron chi connectivity index (χ1n) is 6.43. The number of aliphatic hydroxyl groups excluding tert-OH is 2. The molecule has 102 valence electrons. The Kier molecular flexibility index (Phi) is 2.31. The number of hydrogen-bond acceptors (Lipinski definition) is 5. The fraction of sp³-hybridized carbons (Fsp3) is 0.267. The smallest absolute Gasteiger partial charge is 0.234 e. The minimum absolute atomic E-state index is 0.136. The monoisotopic (exact) mass is 272 g/mol. The van der Waals surface area contributed by atoms with Crippen molar-refractivity contribution >= 4 is 11.0 Å². The molecule has 4 unspecified atom stereocenters. The third kappa shape index (κ3) is 1.42. The molecule has 0 bridgehead atoms. The van der Waals surface area contributed by atoms with Crippen molar-refractivity contribution < 1.29 is 19.4 Å². The van der Waals surface area contributed by atoms with Gasteiger partial charge in [-0.2, -0.15) is 0 Å². The van der Waals surface area contributed by atoms with Gasteiger partial charge >= 0.3 is 0 Å². The maximum atomic E-state index is 12.4. The predicted molar refractivity (Wildman–Crippen MR) is 70.8 cm³/mol. The SMILES string of the molecule is O=c1c2c(oc3ccccc13)C1C(C=CC(O)C1O)O2. The molecule has 4 atom stereocenters. The van der Waals surface area contributed by atoms with Crippen LogP contribution in [0.25, 0.3) is 11.0 Å². The second-order valence-corrected chi connectivity index (χ2v) is 5.10. The van der Waals surface area contributed by atoms with Crippen LogP contribution in [0.2, 0.25) is 0 Å². The van der Waals surface area contributed by atoms with Crippen LogP contribution in [0.3, 0.4) is 0 Å². The zero-order chi connectivity index (χ0) is 13.9. The summed E-state index contributed by atoms with van der Waals surface area (Å²) in [7, 11) is 0. The quantitative estimate of drug-likeness (QED) is 0.697. The van der Waals surface area contributed by atoms with E-state index in [1.165, 1.54) is 6.08 Å². The van der Waals surface area contributed by atoms with Gasteiger partial charge in [0.05, 0.1) is 23.5 Å². The Labute approximate surface area is 113 Å². The maximum absolute atomic E-state index is 12.4. The summed E-state index contributed by atoms with van der Waals surface area (Å²) in [6, 6.07) is 6.91. The summed E-state index contributed by atoms with van der Waals surface area (Å²) in [5, 5.41) is 20.3. The number of ether oxygens (including phenoxy) is 1. The fourth-order valence-corrected chi connectivity index (χ4v) is 2.89. The molecule has 2 aromatic rings. The first kappa shape index (κ1) is 11.7. The highest BCUT2D eigenvalue weighted by atomic mass is 16.5. The minimum Gasteiger partial charge on any atom is -0.478 e. The van der Waals surface area contributed by atoms with Crippen molar-refractivity contribution in [3.8, 4) is 5.75 Å². The Bertz CT molecular complexity index is 775. The molecule has 5 nitrogen and oxygen atoms in total. The lowest BCUT2D eigenvalue weighted by atomic mass is 9.86. The Morgan fingerprint density at radius 2 is 1.90 bits per heavy atom. The van der Waals surface area contributed by atoms with E-state index < -0.39 is 24.2 Å². The van der Waals surface area contributed by atoms with Gasteiger partial charge in [-0.3, -0.25) is 4.79 Å². The zero-order valence-corrected chi connectivity index (χ0v) is 10.4. The molecular weight excluding hydrogens is 260 g/mol. The largest absolute Gasteiger partial charge is 0.478 e. The van der Waals surface area contributed by atoms with Gasteiger partial charge in [-0.05, 0) is 18.2 Å². The molecule has 2 aliphatic rings. The van der Waals surface area contributed by atoms with E-state index in [4.69, 9.17) is 9.15 Å². The van der Waals surface area contributed by atoms with E-state index in [0.717, 1.165) is 0 Å². The molecule has 1 aliphatic heterocycles. The van der Waals surface area contributed by atoms with E-state index >= 15 is 0 Å². The number of aliphatic hydroxyl groups is 2. The summed E-state index contributed by atoms with van der Waals surface area (Å²) in [6.07, 6.45) is 0.624. The van der Waals surface area contributed by atoms with Crippen LogP contribution in [0.1, 0.15) is 11.7 Å². The number of para-hydroxylation sites is 1. The molecule has 5 heteroatoms. The standard InChI is InChI=1S/C15H12O5/c16-8-5-6-10-11(13(8)18)14-15(20-10)12(17)7-3-1-2-4-9(7)19-14/h1-6,8,10-11,13,16,18H. The third-order valence-corrected chi connectivity index (χ3v) is 3.91. The van der Waals surface area contributed by atoms with Crippen LogP contribution in [0.5, 0.6) is 5.75 Å². The average Bonchev–Trinajstić information content (AvgIpc) is 2.83. The summed E-state index contributed by atoms with van der Waals surface area (Å²) in [5.74, 6) is -0.103. The highest BCUT2D eigenvalue weighted by molar-refractivity contribution is 5.78. The zero-order valence-electron chi connectivity index (χ0n) is 10.4.